The van der Waals surface area contributed by atoms with E-state index in [-0.39, 0.29) is 12.1 Å². The molecule has 0 spiro atoms. The zero-order valence-corrected chi connectivity index (χ0v) is 11.0. The SMILES string of the molecule is Cc1ccc(-n2c(C)cc(C)c(CN)c2=O)cc1. The Labute approximate surface area is 107 Å². The van der Waals surface area contributed by atoms with Crippen molar-refractivity contribution in [2.75, 3.05) is 0 Å². The Balaban J connectivity index is 2.71. The highest BCUT2D eigenvalue weighted by molar-refractivity contribution is 5.39. The van der Waals surface area contributed by atoms with E-state index in [1.807, 2.05) is 51.1 Å². The van der Waals surface area contributed by atoms with Gasteiger partial charge >= 0.3 is 0 Å². The van der Waals surface area contributed by atoms with Crippen LogP contribution in [-0.2, 0) is 6.54 Å². The van der Waals surface area contributed by atoms with Gasteiger partial charge in [-0.25, -0.2) is 0 Å². The summed E-state index contributed by atoms with van der Waals surface area (Å²) in [6.07, 6.45) is 0. The molecular formula is C15H18N2O. The van der Waals surface area contributed by atoms with E-state index >= 15 is 0 Å². The van der Waals surface area contributed by atoms with Crippen LogP contribution in [0.2, 0.25) is 0 Å². The Morgan fingerprint density at radius 1 is 1.11 bits per heavy atom. The molecule has 0 aliphatic heterocycles. The van der Waals surface area contributed by atoms with Crippen LogP contribution in [0.15, 0.2) is 35.1 Å². The minimum atomic E-state index is -0.0150. The summed E-state index contributed by atoms with van der Waals surface area (Å²) in [5.74, 6) is 0. The van der Waals surface area contributed by atoms with Crippen molar-refractivity contribution in [1.82, 2.24) is 4.57 Å². The molecule has 0 bridgehead atoms. The van der Waals surface area contributed by atoms with Crippen LogP contribution < -0.4 is 11.3 Å². The van der Waals surface area contributed by atoms with E-state index in [0.29, 0.717) is 5.56 Å². The molecule has 0 radical (unpaired) electrons. The van der Waals surface area contributed by atoms with Crippen LogP contribution >= 0.6 is 0 Å². The first-order valence-electron chi connectivity index (χ1n) is 6.04. The molecule has 0 atom stereocenters. The Kier molecular flexibility index (Phi) is 3.34. The first kappa shape index (κ1) is 12.6. The van der Waals surface area contributed by atoms with Crippen LogP contribution in [0.4, 0.5) is 0 Å². The number of aryl methyl sites for hydroxylation is 3. The maximum Gasteiger partial charge on any atom is 0.260 e. The number of rotatable bonds is 2. The van der Waals surface area contributed by atoms with Crippen molar-refractivity contribution in [3.05, 3.63) is 63.1 Å². The predicted molar refractivity (Wildman–Crippen MR) is 74.1 cm³/mol. The Hall–Kier alpha value is -1.87. The maximum atomic E-state index is 12.4. The molecule has 94 valence electrons. The van der Waals surface area contributed by atoms with Gasteiger partial charge in [0.2, 0.25) is 0 Å². The molecule has 0 aliphatic carbocycles. The molecule has 1 aromatic heterocycles. The fraction of sp³-hybridized carbons (Fsp3) is 0.267. The van der Waals surface area contributed by atoms with Crippen molar-refractivity contribution in [2.45, 2.75) is 27.3 Å². The lowest BCUT2D eigenvalue weighted by molar-refractivity contribution is 0.876. The van der Waals surface area contributed by atoms with E-state index in [9.17, 15) is 4.79 Å². The van der Waals surface area contributed by atoms with Crippen molar-refractivity contribution < 1.29 is 0 Å². The third kappa shape index (κ3) is 2.09. The van der Waals surface area contributed by atoms with Gasteiger partial charge in [-0.1, -0.05) is 17.7 Å². The molecule has 2 N–H and O–H groups in total. The summed E-state index contributed by atoms with van der Waals surface area (Å²) in [6.45, 7) is 6.17. The van der Waals surface area contributed by atoms with Crippen LogP contribution in [0.25, 0.3) is 5.69 Å². The van der Waals surface area contributed by atoms with Gasteiger partial charge in [0, 0.05) is 23.5 Å². The highest BCUT2D eigenvalue weighted by atomic mass is 16.1. The number of hydrogen-bond donors (Lipinski definition) is 1. The van der Waals surface area contributed by atoms with Crippen LogP contribution in [0.1, 0.15) is 22.4 Å². The van der Waals surface area contributed by atoms with Gasteiger partial charge in [-0.3, -0.25) is 9.36 Å². The van der Waals surface area contributed by atoms with E-state index in [4.69, 9.17) is 5.73 Å². The van der Waals surface area contributed by atoms with Crippen molar-refractivity contribution in [2.24, 2.45) is 5.73 Å². The van der Waals surface area contributed by atoms with Crippen LogP contribution in [0.3, 0.4) is 0 Å². The van der Waals surface area contributed by atoms with E-state index in [2.05, 4.69) is 0 Å². The van der Waals surface area contributed by atoms with Gasteiger partial charge in [-0.15, -0.1) is 0 Å². The standard InChI is InChI=1S/C15H18N2O/c1-10-4-6-13(7-5-10)17-12(3)8-11(2)14(9-16)15(17)18/h4-8H,9,16H2,1-3H3. The fourth-order valence-corrected chi connectivity index (χ4v) is 2.19. The lowest BCUT2D eigenvalue weighted by Gasteiger charge is -2.14. The molecule has 0 aliphatic rings. The molecule has 18 heavy (non-hydrogen) atoms. The number of hydrogen-bond acceptors (Lipinski definition) is 2. The second-order valence-corrected chi connectivity index (χ2v) is 4.63. The van der Waals surface area contributed by atoms with Crippen molar-refractivity contribution in [1.29, 1.82) is 0 Å². The summed E-state index contributed by atoms with van der Waals surface area (Å²) in [5, 5.41) is 0. The molecule has 2 aromatic rings. The summed E-state index contributed by atoms with van der Waals surface area (Å²) in [4.78, 5) is 12.4. The molecule has 0 unspecified atom stereocenters. The molecule has 1 aromatic carbocycles. The third-order valence-electron chi connectivity index (χ3n) is 3.21. The van der Waals surface area contributed by atoms with Crippen LogP contribution in [0, 0.1) is 20.8 Å². The largest absolute Gasteiger partial charge is 0.326 e. The van der Waals surface area contributed by atoms with E-state index in [1.165, 1.54) is 5.56 Å². The molecular weight excluding hydrogens is 224 g/mol. The first-order valence-corrected chi connectivity index (χ1v) is 6.04. The van der Waals surface area contributed by atoms with E-state index in [1.54, 1.807) is 4.57 Å². The minimum Gasteiger partial charge on any atom is -0.326 e. The topological polar surface area (TPSA) is 48.0 Å². The molecule has 0 saturated heterocycles. The average molecular weight is 242 g/mol. The summed E-state index contributed by atoms with van der Waals surface area (Å²) < 4.78 is 1.72. The fourth-order valence-electron chi connectivity index (χ4n) is 2.19. The van der Waals surface area contributed by atoms with E-state index in [0.717, 1.165) is 16.9 Å². The molecule has 0 saturated carbocycles. The molecule has 2 rings (SSSR count). The number of benzene rings is 1. The van der Waals surface area contributed by atoms with Gasteiger partial charge in [0.1, 0.15) is 0 Å². The summed E-state index contributed by atoms with van der Waals surface area (Å²) in [6, 6.07) is 9.93. The maximum absolute atomic E-state index is 12.4. The average Bonchev–Trinajstić information content (AvgIpc) is 2.31. The van der Waals surface area contributed by atoms with Crippen molar-refractivity contribution in [3.63, 3.8) is 0 Å². The monoisotopic (exact) mass is 242 g/mol. The predicted octanol–water partition coefficient (Wildman–Crippen LogP) is 2.22. The van der Waals surface area contributed by atoms with Crippen LogP contribution in [-0.4, -0.2) is 4.57 Å². The van der Waals surface area contributed by atoms with Gasteiger partial charge in [-0.2, -0.15) is 0 Å². The second kappa shape index (κ2) is 4.78. The molecule has 3 nitrogen and oxygen atoms in total. The molecule has 3 heteroatoms. The molecule has 1 heterocycles. The lowest BCUT2D eigenvalue weighted by Crippen LogP contribution is -2.27. The number of nitrogens with two attached hydrogens (primary N) is 1. The van der Waals surface area contributed by atoms with Crippen LogP contribution in [0.5, 0.6) is 0 Å². The highest BCUT2D eigenvalue weighted by Gasteiger charge is 2.10. The zero-order valence-electron chi connectivity index (χ0n) is 11.0. The minimum absolute atomic E-state index is 0.0150. The van der Waals surface area contributed by atoms with Gasteiger partial charge in [0.15, 0.2) is 0 Å². The Morgan fingerprint density at radius 2 is 1.72 bits per heavy atom. The normalized spacial score (nSPS) is 10.7. The number of pyridine rings is 1. The second-order valence-electron chi connectivity index (χ2n) is 4.63. The van der Waals surface area contributed by atoms with Gasteiger partial charge < -0.3 is 5.73 Å². The molecule has 0 amide bonds. The Morgan fingerprint density at radius 3 is 2.28 bits per heavy atom. The highest BCUT2D eigenvalue weighted by Crippen LogP contribution is 2.13. The van der Waals surface area contributed by atoms with Crippen molar-refractivity contribution in [3.8, 4) is 5.69 Å². The van der Waals surface area contributed by atoms with Crippen molar-refractivity contribution >= 4 is 0 Å². The zero-order chi connectivity index (χ0) is 13.3. The Bertz CT molecular complexity index is 624. The molecule has 0 fully saturated rings. The van der Waals surface area contributed by atoms with Gasteiger partial charge in [-0.05, 0) is 44.5 Å². The number of aromatic nitrogens is 1. The van der Waals surface area contributed by atoms with E-state index < -0.39 is 0 Å². The first-order chi connectivity index (χ1) is 8.54. The summed E-state index contributed by atoms with van der Waals surface area (Å²) >= 11 is 0. The third-order valence-corrected chi connectivity index (χ3v) is 3.21. The van der Waals surface area contributed by atoms with Gasteiger partial charge in [0.25, 0.3) is 5.56 Å². The summed E-state index contributed by atoms with van der Waals surface area (Å²) in [5.41, 5.74) is 10.3. The number of nitrogens with zero attached hydrogens (tertiary/aromatic N) is 1. The smallest absolute Gasteiger partial charge is 0.260 e. The quantitative estimate of drug-likeness (QED) is 0.877. The lowest BCUT2D eigenvalue weighted by atomic mass is 10.1. The summed E-state index contributed by atoms with van der Waals surface area (Å²) in [7, 11) is 0. The van der Waals surface area contributed by atoms with Gasteiger partial charge in [0.05, 0.1) is 0 Å².